The second kappa shape index (κ2) is 9.99. The number of rotatable bonds is 10. The van der Waals surface area contributed by atoms with Gasteiger partial charge in [0.05, 0.1) is 5.56 Å². The van der Waals surface area contributed by atoms with Crippen LogP contribution in [0.2, 0.25) is 0 Å². The van der Waals surface area contributed by atoms with Crippen molar-refractivity contribution in [1.82, 2.24) is 0 Å². The summed E-state index contributed by atoms with van der Waals surface area (Å²) in [5.41, 5.74) is 0.155. The van der Waals surface area contributed by atoms with E-state index >= 15 is 0 Å². The highest BCUT2D eigenvalue weighted by Crippen LogP contribution is 2.29. The predicted octanol–water partition coefficient (Wildman–Crippen LogP) is 4.10. The highest BCUT2D eigenvalue weighted by atomic mass is 28.3. The Hall–Kier alpha value is -0.893. The molecule has 0 N–H and O–H groups in total. The molecule has 0 bridgehead atoms. The van der Waals surface area contributed by atoms with Crippen LogP contribution in [0.4, 0.5) is 13.2 Å². The third-order valence-electron chi connectivity index (χ3n) is 3.17. The molecule has 0 atom stereocenters. The fourth-order valence-electron chi connectivity index (χ4n) is 2.04. The van der Waals surface area contributed by atoms with E-state index in [1.165, 1.54) is 12.1 Å². The highest BCUT2D eigenvalue weighted by Gasteiger charge is 2.30. The van der Waals surface area contributed by atoms with Crippen LogP contribution < -0.4 is 0 Å². The number of alkyl halides is 3. The van der Waals surface area contributed by atoms with Gasteiger partial charge in [-0.1, -0.05) is 31.0 Å². The van der Waals surface area contributed by atoms with Crippen molar-refractivity contribution in [3.63, 3.8) is 0 Å². The summed E-state index contributed by atoms with van der Waals surface area (Å²) in [6.07, 6.45) is 0.0890. The van der Waals surface area contributed by atoms with Gasteiger partial charge >= 0.3 is 15.7 Å². The second-order valence-electron chi connectivity index (χ2n) is 4.87. The van der Waals surface area contributed by atoms with Crippen molar-refractivity contribution in [3.05, 3.63) is 35.4 Å². The van der Waals surface area contributed by atoms with E-state index in [-0.39, 0.29) is 0 Å². The zero-order chi connectivity index (χ0) is 16.4. The maximum Gasteiger partial charge on any atom is 0.577 e. The van der Waals surface area contributed by atoms with E-state index in [0.717, 1.165) is 37.3 Å². The summed E-state index contributed by atoms with van der Waals surface area (Å²) in [7, 11) is 1.51. The molecule has 1 aromatic rings. The lowest BCUT2D eigenvalue weighted by Crippen LogP contribution is -2.24. The fraction of sp³-hybridized carbons (Fsp3) is 0.600. The van der Waals surface area contributed by atoms with Crippen LogP contribution in [0.15, 0.2) is 24.3 Å². The maximum atomic E-state index is 12.6. The van der Waals surface area contributed by atoms with Crippen LogP contribution in [-0.2, 0) is 25.9 Å². The summed E-state index contributed by atoms with van der Waals surface area (Å²) in [4.78, 5) is 0. The van der Waals surface area contributed by atoms with Gasteiger partial charge in [-0.25, -0.2) is 0 Å². The summed E-state index contributed by atoms with van der Waals surface area (Å²) in [6, 6.07) is 5.54. The van der Waals surface area contributed by atoms with Crippen molar-refractivity contribution in [3.8, 4) is 0 Å². The molecule has 1 rings (SSSR count). The SMILES string of the molecule is CO[Si](OC)OCCCCCCc1cccc(C(F)(F)F)c1. The van der Waals surface area contributed by atoms with Gasteiger partial charge in [0, 0.05) is 20.8 Å². The minimum Gasteiger partial charge on any atom is -0.375 e. The third-order valence-corrected chi connectivity index (χ3v) is 4.27. The van der Waals surface area contributed by atoms with E-state index in [9.17, 15) is 13.2 Å². The standard InChI is InChI=1S/C15H22F3O3Si/c1-19-22(20-2)21-11-6-4-3-5-8-13-9-7-10-14(12-13)15(16,17)18/h7,9-10,12H,3-6,8,11H2,1-2H3. The van der Waals surface area contributed by atoms with E-state index in [0.29, 0.717) is 13.0 Å². The predicted molar refractivity (Wildman–Crippen MR) is 79.3 cm³/mol. The first-order chi connectivity index (χ1) is 10.5. The Bertz CT molecular complexity index is 423. The molecule has 0 unspecified atom stereocenters. The number of hydrogen-bond acceptors (Lipinski definition) is 3. The van der Waals surface area contributed by atoms with Gasteiger partial charge in [0.15, 0.2) is 0 Å². The molecule has 0 spiro atoms. The first kappa shape index (κ1) is 19.2. The van der Waals surface area contributed by atoms with E-state index in [1.807, 2.05) is 0 Å². The van der Waals surface area contributed by atoms with Gasteiger partial charge in [-0.05, 0) is 30.9 Å². The summed E-state index contributed by atoms with van der Waals surface area (Å²) in [5, 5.41) is 0. The van der Waals surface area contributed by atoms with Crippen LogP contribution in [0.25, 0.3) is 0 Å². The minimum absolute atomic E-state index is 0.577. The molecule has 0 aliphatic carbocycles. The molecule has 0 saturated carbocycles. The number of halogens is 3. The molecule has 7 heteroatoms. The lowest BCUT2D eigenvalue weighted by molar-refractivity contribution is -0.137. The van der Waals surface area contributed by atoms with Gasteiger partial charge in [0.25, 0.3) is 0 Å². The van der Waals surface area contributed by atoms with Crippen LogP contribution in [-0.4, -0.2) is 30.4 Å². The van der Waals surface area contributed by atoms with Crippen LogP contribution in [0.3, 0.4) is 0 Å². The van der Waals surface area contributed by atoms with E-state index in [2.05, 4.69) is 0 Å². The van der Waals surface area contributed by atoms with Crippen molar-refractivity contribution < 1.29 is 26.4 Å². The maximum absolute atomic E-state index is 12.6. The van der Waals surface area contributed by atoms with E-state index in [4.69, 9.17) is 13.3 Å². The first-order valence-corrected chi connectivity index (χ1v) is 8.43. The molecule has 1 aromatic carbocycles. The van der Waals surface area contributed by atoms with Crippen LogP contribution in [0.5, 0.6) is 0 Å². The van der Waals surface area contributed by atoms with Crippen molar-refractivity contribution in [1.29, 1.82) is 0 Å². The Morgan fingerprint density at radius 2 is 1.68 bits per heavy atom. The lowest BCUT2D eigenvalue weighted by atomic mass is 10.0. The monoisotopic (exact) mass is 335 g/mol. The zero-order valence-corrected chi connectivity index (χ0v) is 13.9. The van der Waals surface area contributed by atoms with E-state index in [1.54, 1.807) is 20.3 Å². The molecular weight excluding hydrogens is 313 g/mol. The number of hydrogen-bond donors (Lipinski definition) is 0. The Morgan fingerprint density at radius 1 is 1.00 bits per heavy atom. The van der Waals surface area contributed by atoms with Gasteiger partial charge in [0.1, 0.15) is 0 Å². The summed E-state index contributed by atoms with van der Waals surface area (Å²) in [6.45, 7) is 0.583. The fourth-order valence-corrected chi connectivity index (χ4v) is 2.76. The quantitative estimate of drug-likeness (QED) is 0.476. The molecule has 125 valence electrons. The molecule has 1 radical (unpaired) electrons. The van der Waals surface area contributed by atoms with Gasteiger partial charge in [-0.2, -0.15) is 13.2 Å². The smallest absolute Gasteiger partial charge is 0.375 e. The van der Waals surface area contributed by atoms with Crippen LogP contribution >= 0.6 is 0 Å². The molecule has 0 heterocycles. The lowest BCUT2D eigenvalue weighted by Gasteiger charge is -2.10. The van der Waals surface area contributed by atoms with Gasteiger partial charge in [-0.3, -0.25) is 0 Å². The summed E-state index contributed by atoms with van der Waals surface area (Å²) in [5.74, 6) is 0. The molecule has 0 amide bonds. The van der Waals surface area contributed by atoms with Crippen LogP contribution in [0.1, 0.15) is 36.8 Å². The molecule has 22 heavy (non-hydrogen) atoms. The molecule has 0 aromatic heterocycles. The second-order valence-corrected chi connectivity index (χ2v) is 6.47. The van der Waals surface area contributed by atoms with Gasteiger partial charge in [-0.15, -0.1) is 0 Å². The third kappa shape index (κ3) is 7.39. The Morgan fingerprint density at radius 3 is 2.32 bits per heavy atom. The largest absolute Gasteiger partial charge is 0.577 e. The van der Waals surface area contributed by atoms with Crippen molar-refractivity contribution >= 4 is 9.53 Å². The van der Waals surface area contributed by atoms with E-state index < -0.39 is 21.3 Å². The number of benzene rings is 1. The summed E-state index contributed by atoms with van der Waals surface area (Å²) < 4.78 is 53.1. The van der Waals surface area contributed by atoms with Crippen molar-refractivity contribution in [2.24, 2.45) is 0 Å². The van der Waals surface area contributed by atoms with Crippen LogP contribution in [0, 0.1) is 0 Å². The summed E-state index contributed by atoms with van der Waals surface area (Å²) >= 11 is 0. The van der Waals surface area contributed by atoms with Crippen molar-refractivity contribution in [2.75, 3.05) is 20.8 Å². The number of aryl methyl sites for hydroxylation is 1. The van der Waals surface area contributed by atoms with Gasteiger partial charge < -0.3 is 13.3 Å². The normalized spacial score (nSPS) is 12.1. The average Bonchev–Trinajstić information content (AvgIpc) is 2.49. The highest BCUT2D eigenvalue weighted by molar-refractivity contribution is 6.36. The van der Waals surface area contributed by atoms with Gasteiger partial charge in [0.2, 0.25) is 0 Å². The van der Waals surface area contributed by atoms with Crippen molar-refractivity contribution in [2.45, 2.75) is 38.3 Å². The Labute approximate surface area is 131 Å². The number of unbranched alkanes of at least 4 members (excludes halogenated alkanes) is 3. The first-order valence-electron chi connectivity index (χ1n) is 7.21. The topological polar surface area (TPSA) is 27.7 Å². The molecule has 0 saturated heterocycles. The zero-order valence-electron chi connectivity index (χ0n) is 12.9. The molecular formula is C15H22F3O3Si. The molecule has 0 aliphatic rings. The Kier molecular flexibility index (Phi) is 8.70. The molecule has 0 aliphatic heterocycles. The molecule has 3 nitrogen and oxygen atoms in total. The average molecular weight is 335 g/mol. The Balaban J connectivity index is 2.17. The molecule has 0 fully saturated rings. The minimum atomic E-state index is -4.27.